The van der Waals surface area contributed by atoms with Crippen molar-refractivity contribution in [2.75, 3.05) is 5.32 Å². The van der Waals surface area contributed by atoms with Crippen LogP contribution in [0.3, 0.4) is 0 Å². The SMILES string of the molecule is Cc1occc1C(=O)Nc1nc(CC(=O)NCc2ccc(Cn3ccccc3=O)cc2)cs1. The van der Waals surface area contributed by atoms with Crippen molar-refractivity contribution in [1.82, 2.24) is 14.9 Å². The largest absolute Gasteiger partial charge is 0.469 e. The number of benzene rings is 1. The zero-order chi connectivity index (χ0) is 23.2. The molecule has 2 N–H and O–H groups in total. The van der Waals surface area contributed by atoms with Gasteiger partial charge in [-0.2, -0.15) is 0 Å². The summed E-state index contributed by atoms with van der Waals surface area (Å²) in [5.41, 5.74) is 2.94. The van der Waals surface area contributed by atoms with Crippen molar-refractivity contribution in [3.05, 3.63) is 105 Å². The van der Waals surface area contributed by atoms with Crippen LogP contribution in [0.1, 0.15) is 32.9 Å². The Balaban J connectivity index is 1.26. The van der Waals surface area contributed by atoms with E-state index in [0.29, 0.717) is 35.2 Å². The maximum absolute atomic E-state index is 12.3. The van der Waals surface area contributed by atoms with Crippen LogP contribution in [0, 0.1) is 6.92 Å². The molecule has 2 amide bonds. The van der Waals surface area contributed by atoms with Gasteiger partial charge >= 0.3 is 0 Å². The molecule has 9 heteroatoms. The minimum atomic E-state index is -0.299. The molecule has 4 aromatic rings. The van der Waals surface area contributed by atoms with Crippen molar-refractivity contribution in [3.8, 4) is 0 Å². The normalized spacial score (nSPS) is 10.7. The highest BCUT2D eigenvalue weighted by molar-refractivity contribution is 7.14. The fraction of sp³-hybridized carbons (Fsp3) is 0.167. The first kappa shape index (κ1) is 22.2. The Labute approximate surface area is 193 Å². The van der Waals surface area contributed by atoms with Gasteiger partial charge in [-0.3, -0.25) is 19.7 Å². The summed E-state index contributed by atoms with van der Waals surface area (Å²) in [6.07, 6.45) is 3.33. The van der Waals surface area contributed by atoms with E-state index in [2.05, 4.69) is 15.6 Å². The Kier molecular flexibility index (Phi) is 6.80. The highest BCUT2D eigenvalue weighted by Gasteiger charge is 2.14. The van der Waals surface area contributed by atoms with Crippen LogP contribution in [0.15, 0.2) is 75.6 Å². The maximum atomic E-state index is 12.3. The number of hydrogen-bond acceptors (Lipinski definition) is 6. The Bertz CT molecular complexity index is 1320. The molecule has 3 aromatic heterocycles. The fourth-order valence-corrected chi connectivity index (χ4v) is 3.91. The number of anilines is 1. The summed E-state index contributed by atoms with van der Waals surface area (Å²) in [6, 6.07) is 14.4. The van der Waals surface area contributed by atoms with Crippen LogP contribution < -0.4 is 16.2 Å². The van der Waals surface area contributed by atoms with E-state index >= 15 is 0 Å². The van der Waals surface area contributed by atoms with Crippen LogP contribution in [0.4, 0.5) is 5.13 Å². The molecule has 0 spiro atoms. The van der Waals surface area contributed by atoms with Crippen LogP contribution in [-0.2, 0) is 24.3 Å². The predicted molar refractivity (Wildman–Crippen MR) is 125 cm³/mol. The average molecular weight is 463 g/mol. The number of hydrogen-bond donors (Lipinski definition) is 2. The smallest absolute Gasteiger partial charge is 0.260 e. The van der Waals surface area contributed by atoms with Gasteiger partial charge < -0.3 is 14.3 Å². The molecule has 0 radical (unpaired) electrons. The maximum Gasteiger partial charge on any atom is 0.260 e. The third-order valence-electron chi connectivity index (χ3n) is 4.98. The van der Waals surface area contributed by atoms with Gasteiger partial charge in [-0.25, -0.2) is 4.98 Å². The van der Waals surface area contributed by atoms with Gasteiger partial charge in [0, 0.05) is 24.2 Å². The lowest BCUT2D eigenvalue weighted by atomic mass is 10.1. The van der Waals surface area contributed by atoms with Crippen molar-refractivity contribution in [2.24, 2.45) is 0 Å². The quantitative estimate of drug-likeness (QED) is 0.418. The van der Waals surface area contributed by atoms with Crippen molar-refractivity contribution < 1.29 is 14.0 Å². The number of furan rings is 1. The highest BCUT2D eigenvalue weighted by Crippen LogP contribution is 2.18. The number of amides is 2. The molecule has 0 aliphatic rings. The molecule has 0 saturated carbocycles. The zero-order valence-electron chi connectivity index (χ0n) is 17.9. The molecule has 0 saturated heterocycles. The highest BCUT2D eigenvalue weighted by atomic mass is 32.1. The minimum Gasteiger partial charge on any atom is -0.469 e. The second-order valence-electron chi connectivity index (χ2n) is 7.43. The summed E-state index contributed by atoms with van der Waals surface area (Å²) in [6.45, 7) is 2.59. The number of carbonyl (C=O) groups excluding carboxylic acids is 2. The molecule has 168 valence electrons. The van der Waals surface area contributed by atoms with Crippen molar-refractivity contribution in [3.63, 3.8) is 0 Å². The molecular formula is C24H22N4O4S. The molecular weight excluding hydrogens is 440 g/mol. The number of carbonyl (C=O) groups is 2. The van der Waals surface area contributed by atoms with Crippen LogP contribution in [0.2, 0.25) is 0 Å². The molecule has 0 unspecified atom stereocenters. The summed E-state index contributed by atoms with van der Waals surface area (Å²) in [7, 11) is 0. The fourth-order valence-electron chi connectivity index (χ4n) is 3.21. The van der Waals surface area contributed by atoms with Gasteiger partial charge in [0.25, 0.3) is 11.5 Å². The van der Waals surface area contributed by atoms with E-state index in [0.717, 1.165) is 11.1 Å². The molecule has 33 heavy (non-hydrogen) atoms. The molecule has 3 heterocycles. The molecule has 0 aliphatic heterocycles. The first-order valence-corrected chi connectivity index (χ1v) is 11.2. The lowest BCUT2D eigenvalue weighted by Gasteiger charge is -2.08. The Morgan fingerprint density at radius 2 is 1.88 bits per heavy atom. The monoisotopic (exact) mass is 462 g/mol. The lowest BCUT2D eigenvalue weighted by Crippen LogP contribution is -2.24. The molecule has 0 bridgehead atoms. The van der Waals surface area contributed by atoms with Gasteiger partial charge in [-0.05, 0) is 30.2 Å². The van der Waals surface area contributed by atoms with Gasteiger partial charge in [0.1, 0.15) is 5.76 Å². The van der Waals surface area contributed by atoms with E-state index in [-0.39, 0.29) is 23.8 Å². The van der Waals surface area contributed by atoms with Gasteiger partial charge in [-0.1, -0.05) is 30.3 Å². The molecule has 4 rings (SSSR count). The number of nitrogens with zero attached hydrogens (tertiary/aromatic N) is 2. The number of pyridine rings is 1. The summed E-state index contributed by atoms with van der Waals surface area (Å²) in [5.74, 6) is 0.0709. The van der Waals surface area contributed by atoms with Crippen LogP contribution in [0.5, 0.6) is 0 Å². The number of aryl methyl sites for hydroxylation is 1. The second-order valence-corrected chi connectivity index (χ2v) is 8.28. The first-order valence-electron chi connectivity index (χ1n) is 10.3. The van der Waals surface area contributed by atoms with E-state index in [1.54, 1.807) is 35.2 Å². The summed E-state index contributed by atoms with van der Waals surface area (Å²) >= 11 is 1.26. The third kappa shape index (κ3) is 5.83. The van der Waals surface area contributed by atoms with Crippen molar-refractivity contribution in [2.45, 2.75) is 26.4 Å². The van der Waals surface area contributed by atoms with Crippen molar-refractivity contribution in [1.29, 1.82) is 0 Å². The Morgan fingerprint density at radius 1 is 1.09 bits per heavy atom. The van der Waals surface area contributed by atoms with Crippen molar-refractivity contribution >= 4 is 28.3 Å². The number of aromatic nitrogens is 2. The second kappa shape index (κ2) is 10.1. The molecule has 8 nitrogen and oxygen atoms in total. The van der Waals surface area contributed by atoms with Gasteiger partial charge in [0.05, 0.1) is 30.5 Å². The zero-order valence-corrected chi connectivity index (χ0v) is 18.7. The van der Waals surface area contributed by atoms with E-state index in [1.807, 2.05) is 30.3 Å². The molecule has 0 aliphatic carbocycles. The van der Waals surface area contributed by atoms with Crippen LogP contribution in [-0.4, -0.2) is 21.4 Å². The third-order valence-corrected chi connectivity index (χ3v) is 5.79. The Morgan fingerprint density at radius 3 is 2.61 bits per heavy atom. The number of thiazole rings is 1. The topological polar surface area (TPSA) is 106 Å². The minimum absolute atomic E-state index is 0.0461. The van der Waals surface area contributed by atoms with E-state index in [1.165, 1.54) is 23.7 Å². The Hall–Kier alpha value is -3.98. The molecule has 0 atom stereocenters. The van der Waals surface area contributed by atoms with Crippen LogP contribution in [0.25, 0.3) is 0 Å². The molecule has 1 aromatic carbocycles. The van der Waals surface area contributed by atoms with E-state index in [4.69, 9.17) is 4.42 Å². The number of nitrogens with one attached hydrogen (secondary N) is 2. The van der Waals surface area contributed by atoms with Gasteiger partial charge in [0.15, 0.2) is 5.13 Å². The number of rotatable bonds is 8. The first-order chi connectivity index (χ1) is 16.0. The summed E-state index contributed by atoms with van der Waals surface area (Å²) < 4.78 is 6.77. The average Bonchev–Trinajstić information content (AvgIpc) is 3.43. The summed E-state index contributed by atoms with van der Waals surface area (Å²) in [5, 5.41) is 7.77. The van der Waals surface area contributed by atoms with E-state index < -0.39 is 0 Å². The van der Waals surface area contributed by atoms with Gasteiger partial charge in [0.2, 0.25) is 5.91 Å². The van der Waals surface area contributed by atoms with Crippen LogP contribution >= 0.6 is 11.3 Å². The summed E-state index contributed by atoms with van der Waals surface area (Å²) in [4.78, 5) is 40.7. The predicted octanol–water partition coefficient (Wildman–Crippen LogP) is 3.37. The van der Waals surface area contributed by atoms with E-state index in [9.17, 15) is 14.4 Å². The lowest BCUT2D eigenvalue weighted by molar-refractivity contribution is -0.120. The standard InChI is InChI=1S/C24H22N4O4S/c1-16-20(9-11-32-16)23(31)27-24-26-19(15-33-24)12-21(29)25-13-17-5-7-18(8-6-17)14-28-10-3-2-4-22(28)30/h2-11,15H,12-14H2,1H3,(H,25,29)(H,26,27,31). The molecule has 0 fully saturated rings. The van der Waals surface area contributed by atoms with Gasteiger partial charge in [-0.15, -0.1) is 11.3 Å².